The summed E-state index contributed by atoms with van der Waals surface area (Å²) in [5, 5.41) is 1.85. The van der Waals surface area contributed by atoms with Crippen LogP contribution in [-0.4, -0.2) is 24.6 Å². The normalized spacial score (nSPS) is 11.1. The Bertz CT molecular complexity index is 606. The minimum absolute atomic E-state index is 0.626. The molecule has 0 aliphatic carbocycles. The van der Waals surface area contributed by atoms with Gasteiger partial charge < -0.3 is 10.6 Å². The maximum atomic E-state index is 6.15. The molecule has 108 valence electrons. The van der Waals surface area contributed by atoms with Gasteiger partial charge in [-0.1, -0.05) is 11.6 Å². The molecular weight excluding hydrogens is 270 g/mol. The van der Waals surface area contributed by atoms with Crippen LogP contribution in [0.1, 0.15) is 25.0 Å². The van der Waals surface area contributed by atoms with Gasteiger partial charge in [-0.3, -0.25) is 0 Å². The fourth-order valence-electron chi connectivity index (χ4n) is 2.59. The van der Waals surface area contributed by atoms with Gasteiger partial charge in [0.2, 0.25) is 0 Å². The van der Waals surface area contributed by atoms with Gasteiger partial charge in [-0.05, 0) is 63.1 Å². The third kappa shape index (κ3) is 2.89. The van der Waals surface area contributed by atoms with E-state index in [0.717, 1.165) is 46.8 Å². The smallest absolute Gasteiger partial charge is 0.132 e. The first-order valence-corrected chi connectivity index (χ1v) is 7.53. The van der Waals surface area contributed by atoms with E-state index in [9.17, 15) is 0 Å². The van der Waals surface area contributed by atoms with Crippen LogP contribution in [0.2, 0.25) is 5.02 Å². The summed E-state index contributed by atoms with van der Waals surface area (Å²) >= 11 is 6.15. The highest BCUT2D eigenvalue weighted by molar-refractivity contribution is 6.31. The van der Waals surface area contributed by atoms with Gasteiger partial charge >= 0.3 is 0 Å². The van der Waals surface area contributed by atoms with E-state index < -0.39 is 0 Å². The Hall–Kier alpha value is -1.32. The SMILES string of the molecule is CCN(CC)c1nc2c(C)cc(Cl)cc2cc1CCN. The van der Waals surface area contributed by atoms with Crippen LogP contribution >= 0.6 is 11.6 Å². The summed E-state index contributed by atoms with van der Waals surface area (Å²) < 4.78 is 0. The second-order valence-electron chi connectivity index (χ2n) is 4.98. The highest BCUT2D eigenvalue weighted by Crippen LogP contribution is 2.28. The van der Waals surface area contributed by atoms with E-state index in [-0.39, 0.29) is 0 Å². The molecule has 4 heteroatoms. The number of nitrogens with two attached hydrogens (primary N) is 1. The Balaban J connectivity index is 2.68. The molecule has 3 nitrogen and oxygen atoms in total. The molecule has 0 bridgehead atoms. The number of pyridine rings is 1. The van der Waals surface area contributed by atoms with Crippen molar-refractivity contribution in [3.8, 4) is 0 Å². The maximum Gasteiger partial charge on any atom is 0.132 e. The van der Waals surface area contributed by atoms with Gasteiger partial charge in [-0.2, -0.15) is 0 Å². The zero-order valence-electron chi connectivity index (χ0n) is 12.4. The van der Waals surface area contributed by atoms with Crippen LogP contribution in [0, 0.1) is 6.92 Å². The lowest BCUT2D eigenvalue weighted by molar-refractivity contribution is 0.831. The highest BCUT2D eigenvalue weighted by Gasteiger charge is 2.13. The van der Waals surface area contributed by atoms with E-state index in [4.69, 9.17) is 22.3 Å². The maximum absolute atomic E-state index is 6.15. The lowest BCUT2D eigenvalue weighted by Crippen LogP contribution is -2.25. The average Bonchev–Trinajstić information content (AvgIpc) is 2.41. The third-order valence-corrected chi connectivity index (χ3v) is 3.82. The Labute approximate surface area is 125 Å². The number of halogens is 1. The summed E-state index contributed by atoms with van der Waals surface area (Å²) in [6.45, 7) is 8.86. The standard InChI is InChI=1S/C16H22ClN3/c1-4-20(5-2)16-12(6-7-18)9-13-10-14(17)8-11(3)15(13)19-16/h8-10H,4-7,18H2,1-3H3. The molecule has 20 heavy (non-hydrogen) atoms. The first-order chi connectivity index (χ1) is 9.60. The molecule has 2 rings (SSSR count). The Morgan fingerprint density at radius 3 is 2.50 bits per heavy atom. The summed E-state index contributed by atoms with van der Waals surface area (Å²) in [6, 6.07) is 6.12. The van der Waals surface area contributed by atoms with Gasteiger partial charge in [0.15, 0.2) is 0 Å². The summed E-state index contributed by atoms with van der Waals surface area (Å²) in [5.74, 6) is 1.05. The molecular formula is C16H22ClN3. The van der Waals surface area contributed by atoms with Gasteiger partial charge in [-0.15, -0.1) is 0 Å². The quantitative estimate of drug-likeness (QED) is 0.916. The van der Waals surface area contributed by atoms with Crippen molar-refractivity contribution in [2.45, 2.75) is 27.2 Å². The number of rotatable bonds is 5. The lowest BCUT2D eigenvalue weighted by Gasteiger charge is -2.23. The van der Waals surface area contributed by atoms with Crippen molar-refractivity contribution in [1.82, 2.24) is 4.98 Å². The highest BCUT2D eigenvalue weighted by atomic mass is 35.5. The van der Waals surface area contributed by atoms with E-state index in [1.54, 1.807) is 0 Å². The number of nitrogens with zero attached hydrogens (tertiary/aromatic N) is 2. The summed E-state index contributed by atoms with van der Waals surface area (Å²) in [6.07, 6.45) is 0.834. The van der Waals surface area contributed by atoms with Gasteiger partial charge in [0, 0.05) is 23.5 Å². The molecule has 0 amide bonds. The molecule has 0 radical (unpaired) electrons. The number of benzene rings is 1. The summed E-state index contributed by atoms with van der Waals surface area (Å²) in [5.41, 5.74) is 9.08. The molecule has 1 aromatic carbocycles. The van der Waals surface area contributed by atoms with Crippen molar-refractivity contribution >= 4 is 28.3 Å². The number of aromatic nitrogens is 1. The van der Waals surface area contributed by atoms with E-state index in [2.05, 4.69) is 31.7 Å². The van der Waals surface area contributed by atoms with E-state index in [1.807, 2.05) is 12.1 Å². The van der Waals surface area contributed by atoms with Crippen LogP contribution in [0.3, 0.4) is 0 Å². The molecule has 0 spiro atoms. The third-order valence-electron chi connectivity index (χ3n) is 3.61. The predicted octanol–water partition coefficient (Wildman–Crippen LogP) is 3.54. The first-order valence-electron chi connectivity index (χ1n) is 7.15. The van der Waals surface area contributed by atoms with E-state index >= 15 is 0 Å². The largest absolute Gasteiger partial charge is 0.357 e. The monoisotopic (exact) mass is 291 g/mol. The van der Waals surface area contributed by atoms with Gasteiger partial charge in [-0.25, -0.2) is 4.98 Å². The minimum Gasteiger partial charge on any atom is -0.357 e. The van der Waals surface area contributed by atoms with Crippen LogP contribution in [0.5, 0.6) is 0 Å². The van der Waals surface area contributed by atoms with Crippen molar-refractivity contribution in [1.29, 1.82) is 0 Å². The van der Waals surface area contributed by atoms with E-state index in [1.165, 1.54) is 5.56 Å². The molecule has 0 saturated heterocycles. The van der Waals surface area contributed by atoms with Crippen LogP contribution in [0.25, 0.3) is 10.9 Å². The van der Waals surface area contributed by atoms with Crippen molar-refractivity contribution < 1.29 is 0 Å². The zero-order chi connectivity index (χ0) is 14.7. The molecule has 0 fully saturated rings. The molecule has 0 aliphatic rings. The molecule has 1 aromatic heterocycles. The number of aryl methyl sites for hydroxylation is 1. The Morgan fingerprint density at radius 1 is 1.20 bits per heavy atom. The van der Waals surface area contributed by atoms with Crippen molar-refractivity contribution in [2.75, 3.05) is 24.5 Å². The molecule has 0 unspecified atom stereocenters. The van der Waals surface area contributed by atoms with Crippen LogP contribution < -0.4 is 10.6 Å². The fraction of sp³-hybridized carbons (Fsp3) is 0.438. The Morgan fingerprint density at radius 2 is 1.90 bits per heavy atom. The van der Waals surface area contributed by atoms with Crippen molar-refractivity contribution in [3.63, 3.8) is 0 Å². The molecule has 0 atom stereocenters. The number of hydrogen-bond acceptors (Lipinski definition) is 3. The average molecular weight is 292 g/mol. The molecule has 1 heterocycles. The zero-order valence-corrected chi connectivity index (χ0v) is 13.2. The van der Waals surface area contributed by atoms with Gasteiger partial charge in [0.05, 0.1) is 5.52 Å². The number of hydrogen-bond donors (Lipinski definition) is 1. The predicted molar refractivity (Wildman–Crippen MR) is 87.8 cm³/mol. The minimum atomic E-state index is 0.626. The van der Waals surface area contributed by atoms with Crippen molar-refractivity contribution in [2.24, 2.45) is 5.73 Å². The summed E-state index contributed by atoms with van der Waals surface area (Å²) in [7, 11) is 0. The molecule has 0 aliphatic heterocycles. The lowest BCUT2D eigenvalue weighted by atomic mass is 10.1. The number of anilines is 1. The number of fused-ring (bicyclic) bond motifs is 1. The van der Waals surface area contributed by atoms with Crippen molar-refractivity contribution in [3.05, 3.63) is 34.3 Å². The van der Waals surface area contributed by atoms with E-state index in [0.29, 0.717) is 6.54 Å². The first kappa shape index (κ1) is 15.1. The van der Waals surface area contributed by atoms with Crippen LogP contribution in [0.15, 0.2) is 18.2 Å². The molecule has 0 saturated carbocycles. The second-order valence-corrected chi connectivity index (χ2v) is 5.41. The molecule has 2 aromatic rings. The van der Waals surface area contributed by atoms with Gasteiger partial charge in [0.1, 0.15) is 5.82 Å². The second kappa shape index (κ2) is 6.42. The topological polar surface area (TPSA) is 42.2 Å². The van der Waals surface area contributed by atoms with Crippen LogP contribution in [0.4, 0.5) is 5.82 Å². The molecule has 2 N–H and O–H groups in total. The summed E-state index contributed by atoms with van der Waals surface area (Å²) in [4.78, 5) is 7.16. The Kier molecular flexibility index (Phi) is 4.84. The fourth-order valence-corrected chi connectivity index (χ4v) is 2.87. The van der Waals surface area contributed by atoms with Gasteiger partial charge in [0.25, 0.3) is 0 Å². The van der Waals surface area contributed by atoms with Crippen LogP contribution in [-0.2, 0) is 6.42 Å².